The average molecular weight is 192 g/mol. The molecule has 0 aromatic carbocycles. The van der Waals surface area contributed by atoms with Crippen molar-refractivity contribution in [1.82, 2.24) is 0 Å². The third-order valence-electron chi connectivity index (χ3n) is 2.17. The largest absolute Gasteiger partial charge is 0.494 e. The van der Waals surface area contributed by atoms with Gasteiger partial charge in [0.25, 0.3) is 0 Å². The van der Waals surface area contributed by atoms with Crippen LogP contribution in [-0.2, 0) is 9.53 Å². The first-order chi connectivity index (χ1) is 6.65. The van der Waals surface area contributed by atoms with Crippen molar-refractivity contribution in [1.29, 1.82) is 0 Å². The molecule has 0 saturated heterocycles. The Kier molecular flexibility index (Phi) is 3.69. The molecule has 0 aliphatic carbocycles. The van der Waals surface area contributed by atoms with Crippen molar-refractivity contribution in [3.63, 3.8) is 0 Å². The van der Waals surface area contributed by atoms with Crippen LogP contribution in [0.1, 0.15) is 20.8 Å². The number of ether oxygens (including phenoxy) is 1. The Labute approximate surface area is 85.0 Å². The van der Waals surface area contributed by atoms with Crippen LogP contribution >= 0.6 is 0 Å². The molecule has 2 unspecified atom stereocenters. The first-order valence-corrected chi connectivity index (χ1v) is 4.83. The fraction of sp³-hybridized carbons (Fsp3) is 0.417. The summed E-state index contributed by atoms with van der Waals surface area (Å²) in [7, 11) is 0. The van der Waals surface area contributed by atoms with Crippen LogP contribution in [0.4, 0.5) is 0 Å². The van der Waals surface area contributed by atoms with E-state index in [2.05, 4.69) is 0 Å². The molecule has 2 nitrogen and oxygen atoms in total. The Morgan fingerprint density at radius 3 is 2.71 bits per heavy atom. The fourth-order valence-corrected chi connectivity index (χ4v) is 1.47. The van der Waals surface area contributed by atoms with Crippen molar-refractivity contribution in [2.45, 2.75) is 26.9 Å². The molecule has 0 radical (unpaired) electrons. The highest BCUT2D eigenvalue weighted by Crippen LogP contribution is 2.20. The summed E-state index contributed by atoms with van der Waals surface area (Å²) in [6, 6.07) is 0. The molecular formula is C12H16O2. The summed E-state index contributed by atoms with van der Waals surface area (Å²) in [5.74, 6) is 0.690. The molecule has 0 aromatic rings. The van der Waals surface area contributed by atoms with E-state index in [-0.39, 0.29) is 17.8 Å². The molecule has 2 atom stereocenters. The molecule has 0 bridgehead atoms. The van der Waals surface area contributed by atoms with Crippen molar-refractivity contribution >= 4 is 5.78 Å². The van der Waals surface area contributed by atoms with Crippen molar-refractivity contribution in [2.24, 2.45) is 5.92 Å². The van der Waals surface area contributed by atoms with Crippen LogP contribution in [0.3, 0.4) is 0 Å². The van der Waals surface area contributed by atoms with Crippen LogP contribution < -0.4 is 0 Å². The van der Waals surface area contributed by atoms with Crippen LogP contribution in [-0.4, -0.2) is 11.9 Å². The van der Waals surface area contributed by atoms with Crippen LogP contribution in [0.2, 0.25) is 0 Å². The van der Waals surface area contributed by atoms with Gasteiger partial charge < -0.3 is 4.74 Å². The van der Waals surface area contributed by atoms with E-state index in [0.29, 0.717) is 5.76 Å². The molecular weight excluding hydrogens is 176 g/mol. The van der Waals surface area contributed by atoms with Gasteiger partial charge in [-0.3, -0.25) is 4.79 Å². The molecule has 14 heavy (non-hydrogen) atoms. The lowest BCUT2D eigenvalue weighted by atomic mass is 9.95. The van der Waals surface area contributed by atoms with Crippen LogP contribution in [0.5, 0.6) is 0 Å². The molecule has 0 aromatic heterocycles. The molecule has 0 fully saturated rings. The fourth-order valence-electron chi connectivity index (χ4n) is 1.47. The first kappa shape index (κ1) is 10.8. The Morgan fingerprint density at radius 2 is 2.14 bits per heavy atom. The van der Waals surface area contributed by atoms with E-state index in [0.717, 1.165) is 0 Å². The van der Waals surface area contributed by atoms with Gasteiger partial charge in [-0.05, 0) is 20.8 Å². The highest BCUT2D eigenvalue weighted by Gasteiger charge is 2.26. The average Bonchev–Trinajstić information content (AvgIpc) is 2.09. The molecule has 0 N–H and O–H groups in total. The Hall–Kier alpha value is -1.31. The number of allylic oxidation sites excluding steroid dienone is 5. The van der Waals surface area contributed by atoms with Gasteiger partial charge in [0, 0.05) is 6.08 Å². The first-order valence-electron chi connectivity index (χ1n) is 4.83. The summed E-state index contributed by atoms with van der Waals surface area (Å²) in [6.45, 7) is 5.66. The van der Waals surface area contributed by atoms with E-state index in [1.807, 2.05) is 38.2 Å². The predicted octanol–water partition coefficient (Wildman–Crippen LogP) is 2.63. The van der Waals surface area contributed by atoms with E-state index in [1.165, 1.54) is 0 Å². The van der Waals surface area contributed by atoms with Crippen molar-refractivity contribution < 1.29 is 9.53 Å². The third-order valence-corrected chi connectivity index (χ3v) is 2.17. The Morgan fingerprint density at radius 1 is 1.43 bits per heavy atom. The summed E-state index contributed by atoms with van der Waals surface area (Å²) >= 11 is 0. The monoisotopic (exact) mass is 192 g/mol. The molecule has 1 aliphatic rings. The maximum absolute atomic E-state index is 11.6. The van der Waals surface area contributed by atoms with E-state index >= 15 is 0 Å². The van der Waals surface area contributed by atoms with Gasteiger partial charge in [0.15, 0.2) is 5.78 Å². The normalized spacial score (nSPS) is 28.2. The minimum atomic E-state index is -0.144. The van der Waals surface area contributed by atoms with Gasteiger partial charge in [0.1, 0.15) is 6.10 Å². The summed E-state index contributed by atoms with van der Waals surface area (Å²) in [6.07, 6.45) is 9.10. The number of hydrogen-bond donors (Lipinski definition) is 0. The van der Waals surface area contributed by atoms with E-state index < -0.39 is 0 Å². The zero-order chi connectivity index (χ0) is 10.6. The zero-order valence-electron chi connectivity index (χ0n) is 8.86. The molecule has 1 rings (SSSR count). The molecule has 76 valence electrons. The zero-order valence-corrected chi connectivity index (χ0v) is 8.86. The number of rotatable bonds is 2. The molecule has 2 heteroatoms. The second-order valence-corrected chi connectivity index (χ2v) is 3.42. The van der Waals surface area contributed by atoms with E-state index in [9.17, 15) is 4.79 Å². The Balaban J connectivity index is 2.74. The van der Waals surface area contributed by atoms with Crippen molar-refractivity contribution in [3.8, 4) is 0 Å². The highest BCUT2D eigenvalue weighted by atomic mass is 16.5. The number of carbonyl (C=O) groups is 1. The van der Waals surface area contributed by atoms with Crippen LogP contribution in [0.15, 0.2) is 36.1 Å². The molecule has 1 heterocycles. The van der Waals surface area contributed by atoms with Gasteiger partial charge in [-0.25, -0.2) is 0 Å². The topological polar surface area (TPSA) is 26.3 Å². The summed E-state index contributed by atoms with van der Waals surface area (Å²) in [4.78, 5) is 11.6. The lowest BCUT2D eigenvalue weighted by Crippen LogP contribution is -2.29. The lowest BCUT2D eigenvalue weighted by molar-refractivity contribution is -0.121. The SMILES string of the molecule is C/C=C/C=C\C1C(=O)C=C(C)OC1C. The maximum Gasteiger partial charge on any atom is 0.169 e. The number of ketones is 1. The molecule has 0 amide bonds. The lowest BCUT2D eigenvalue weighted by Gasteiger charge is -2.25. The predicted molar refractivity (Wildman–Crippen MR) is 56.8 cm³/mol. The smallest absolute Gasteiger partial charge is 0.169 e. The van der Waals surface area contributed by atoms with Gasteiger partial charge in [0.05, 0.1) is 11.7 Å². The van der Waals surface area contributed by atoms with Gasteiger partial charge >= 0.3 is 0 Å². The summed E-state index contributed by atoms with van der Waals surface area (Å²) in [5.41, 5.74) is 0. The van der Waals surface area contributed by atoms with Gasteiger partial charge in [-0.2, -0.15) is 0 Å². The standard InChI is InChI=1S/C12H16O2/c1-4-5-6-7-11-10(3)14-9(2)8-12(11)13/h4-8,10-11H,1-3H3/b5-4+,7-6-. The second-order valence-electron chi connectivity index (χ2n) is 3.42. The maximum atomic E-state index is 11.6. The van der Waals surface area contributed by atoms with Crippen molar-refractivity contribution in [2.75, 3.05) is 0 Å². The molecule has 0 saturated carbocycles. The summed E-state index contributed by atoms with van der Waals surface area (Å²) in [5, 5.41) is 0. The van der Waals surface area contributed by atoms with E-state index in [4.69, 9.17) is 4.74 Å². The molecule has 1 aliphatic heterocycles. The van der Waals surface area contributed by atoms with Crippen molar-refractivity contribution in [3.05, 3.63) is 36.1 Å². The quantitative estimate of drug-likeness (QED) is 0.629. The van der Waals surface area contributed by atoms with Gasteiger partial charge in [-0.15, -0.1) is 0 Å². The minimum Gasteiger partial charge on any atom is -0.494 e. The van der Waals surface area contributed by atoms with Crippen LogP contribution in [0.25, 0.3) is 0 Å². The van der Waals surface area contributed by atoms with Gasteiger partial charge in [-0.1, -0.05) is 24.3 Å². The van der Waals surface area contributed by atoms with Crippen LogP contribution in [0, 0.1) is 5.92 Å². The highest BCUT2D eigenvalue weighted by molar-refractivity contribution is 5.94. The minimum absolute atomic E-state index is 0.0611. The number of hydrogen-bond acceptors (Lipinski definition) is 2. The second kappa shape index (κ2) is 4.80. The van der Waals surface area contributed by atoms with Gasteiger partial charge in [0.2, 0.25) is 0 Å². The van der Waals surface area contributed by atoms with E-state index in [1.54, 1.807) is 13.0 Å². The summed E-state index contributed by atoms with van der Waals surface area (Å²) < 4.78 is 5.46. The Bertz CT molecular complexity index is 297. The number of carbonyl (C=O) groups excluding carboxylic acids is 1. The molecule has 0 spiro atoms. The third kappa shape index (κ3) is 2.59.